The van der Waals surface area contributed by atoms with Gasteiger partial charge in [0.1, 0.15) is 0 Å². The summed E-state index contributed by atoms with van der Waals surface area (Å²) in [5, 5.41) is 12.1. The quantitative estimate of drug-likeness (QED) is 0.892. The lowest BCUT2D eigenvalue weighted by Crippen LogP contribution is -2.41. The summed E-state index contributed by atoms with van der Waals surface area (Å²) < 4.78 is 38.1. The van der Waals surface area contributed by atoms with E-state index in [9.17, 15) is 23.1 Å². The van der Waals surface area contributed by atoms with Crippen LogP contribution in [0, 0.1) is 5.92 Å². The van der Waals surface area contributed by atoms with Gasteiger partial charge in [-0.15, -0.1) is 0 Å². The minimum absolute atomic E-state index is 0.0873. The zero-order chi connectivity index (χ0) is 17.0. The lowest BCUT2D eigenvalue weighted by molar-refractivity contribution is -0.206. The van der Waals surface area contributed by atoms with Crippen molar-refractivity contribution in [1.29, 1.82) is 0 Å². The van der Waals surface area contributed by atoms with E-state index in [0.717, 1.165) is 12.8 Å². The molecule has 0 aromatic heterocycles. The van der Waals surface area contributed by atoms with Gasteiger partial charge in [0.2, 0.25) is 5.91 Å². The van der Waals surface area contributed by atoms with Gasteiger partial charge in [-0.2, -0.15) is 13.2 Å². The van der Waals surface area contributed by atoms with Crippen molar-refractivity contribution in [3.05, 3.63) is 29.8 Å². The summed E-state index contributed by atoms with van der Waals surface area (Å²) in [4.78, 5) is 13.9. The highest BCUT2D eigenvalue weighted by Gasteiger charge is 2.40. The van der Waals surface area contributed by atoms with Crippen molar-refractivity contribution in [2.24, 2.45) is 5.92 Å². The zero-order valence-electron chi connectivity index (χ0n) is 12.9. The van der Waals surface area contributed by atoms with Crippen LogP contribution >= 0.6 is 0 Å². The van der Waals surface area contributed by atoms with Crippen LogP contribution in [0.5, 0.6) is 0 Å². The monoisotopic (exact) mass is 330 g/mol. The first kappa shape index (κ1) is 17.6. The first-order valence-corrected chi connectivity index (χ1v) is 7.64. The first-order chi connectivity index (χ1) is 10.8. The summed E-state index contributed by atoms with van der Waals surface area (Å²) in [6.07, 6.45) is -5.44. The molecular weight excluding hydrogens is 309 g/mol. The molecule has 7 heteroatoms. The van der Waals surface area contributed by atoms with E-state index in [4.69, 9.17) is 0 Å². The van der Waals surface area contributed by atoms with Crippen molar-refractivity contribution in [3.8, 4) is 0 Å². The number of aliphatic hydroxyl groups excluding tert-OH is 1. The molecule has 23 heavy (non-hydrogen) atoms. The lowest BCUT2D eigenvalue weighted by Gasteiger charge is -2.30. The van der Waals surface area contributed by atoms with Gasteiger partial charge in [0, 0.05) is 24.3 Å². The highest BCUT2D eigenvalue weighted by molar-refractivity contribution is 5.81. The molecule has 0 aliphatic carbocycles. The number of para-hydroxylation sites is 1. The molecule has 1 aliphatic heterocycles. The van der Waals surface area contributed by atoms with E-state index in [0.29, 0.717) is 19.0 Å². The van der Waals surface area contributed by atoms with Gasteiger partial charge >= 0.3 is 6.18 Å². The first-order valence-electron chi connectivity index (χ1n) is 7.64. The van der Waals surface area contributed by atoms with Crippen LogP contribution in [0.3, 0.4) is 0 Å². The van der Waals surface area contributed by atoms with Crippen LogP contribution in [0.4, 0.5) is 18.9 Å². The van der Waals surface area contributed by atoms with Crippen molar-refractivity contribution < 1.29 is 23.1 Å². The van der Waals surface area contributed by atoms with Crippen molar-refractivity contribution in [2.75, 3.05) is 25.0 Å². The Balaban J connectivity index is 1.99. The third-order valence-electron chi connectivity index (χ3n) is 4.13. The summed E-state index contributed by atoms with van der Waals surface area (Å²) in [6.45, 7) is 3.40. The molecule has 1 atom stereocenters. The number of nitrogens with zero attached hydrogens (tertiary/aromatic N) is 1. The number of amides is 1. The predicted molar refractivity (Wildman–Crippen MR) is 80.9 cm³/mol. The molecule has 1 aliphatic rings. The maximum absolute atomic E-state index is 12.7. The second kappa shape index (κ2) is 7.21. The molecule has 0 saturated carbocycles. The minimum Gasteiger partial charge on any atom is -0.379 e. The molecule has 1 fully saturated rings. The van der Waals surface area contributed by atoms with Crippen LogP contribution in [0.2, 0.25) is 0 Å². The number of alkyl halides is 3. The molecule has 0 spiro atoms. The maximum Gasteiger partial charge on any atom is 0.418 e. The molecule has 0 bridgehead atoms. The molecule has 1 unspecified atom stereocenters. The van der Waals surface area contributed by atoms with E-state index in [1.807, 2.05) is 0 Å². The largest absolute Gasteiger partial charge is 0.418 e. The number of likely N-dealkylation sites (tertiary alicyclic amines) is 1. The van der Waals surface area contributed by atoms with E-state index in [1.165, 1.54) is 18.2 Å². The molecule has 128 valence electrons. The predicted octanol–water partition coefficient (Wildman–Crippen LogP) is 2.95. The van der Waals surface area contributed by atoms with Crippen LogP contribution in [-0.2, 0) is 4.79 Å². The number of piperidine rings is 1. The Morgan fingerprint density at radius 1 is 1.35 bits per heavy atom. The fraction of sp³-hybridized carbons (Fsp3) is 0.562. The minimum atomic E-state index is -4.75. The van der Waals surface area contributed by atoms with Crippen molar-refractivity contribution in [3.63, 3.8) is 0 Å². The summed E-state index contributed by atoms with van der Waals surface area (Å²) in [7, 11) is 0. The molecular formula is C16H21F3N2O2. The molecule has 1 aromatic carbocycles. The van der Waals surface area contributed by atoms with Crippen LogP contribution in [0.25, 0.3) is 0 Å². The molecule has 1 aromatic rings. The van der Waals surface area contributed by atoms with Crippen LogP contribution in [-0.4, -0.2) is 41.7 Å². The lowest BCUT2D eigenvalue weighted by atomic mass is 9.99. The normalized spacial score (nSPS) is 17.9. The molecule has 0 radical (unpaired) electrons. The summed E-state index contributed by atoms with van der Waals surface area (Å²) in [5.41, 5.74) is -0.156. The Labute approximate surface area is 133 Å². The van der Waals surface area contributed by atoms with E-state index >= 15 is 0 Å². The van der Waals surface area contributed by atoms with Gasteiger partial charge < -0.3 is 15.3 Å². The van der Waals surface area contributed by atoms with Gasteiger partial charge in [-0.1, -0.05) is 25.1 Å². The van der Waals surface area contributed by atoms with E-state index in [-0.39, 0.29) is 23.7 Å². The van der Waals surface area contributed by atoms with Gasteiger partial charge in [-0.05, 0) is 24.8 Å². The molecule has 1 amide bonds. The zero-order valence-corrected chi connectivity index (χ0v) is 12.9. The topological polar surface area (TPSA) is 52.6 Å². The molecule has 2 N–H and O–H groups in total. The fourth-order valence-corrected chi connectivity index (χ4v) is 2.61. The number of benzene rings is 1. The molecule has 1 saturated heterocycles. The summed E-state index contributed by atoms with van der Waals surface area (Å²) >= 11 is 0. The number of carbonyl (C=O) groups is 1. The van der Waals surface area contributed by atoms with Crippen molar-refractivity contribution in [1.82, 2.24) is 4.90 Å². The molecule has 4 nitrogen and oxygen atoms in total. The highest BCUT2D eigenvalue weighted by Crippen LogP contribution is 2.35. The average Bonchev–Trinajstić information content (AvgIpc) is 2.52. The number of rotatable bonds is 4. The smallest absolute Gasteiger partial charge is 0.379 e. The van der Waals surface area contributed by atoms with E-state index < -0.39 is 12.3 Å². The Bertz CT molecular complexity index is 540. The number of nitrogens with one attached hydrogen (secondary N) is 1. The van der Waals surface area contributed by atoms with Gasteiger partial charge in [0.25, 0.3) is 0 Å². The van der Waals surface area contributed by atoms with Crippen LogP contribution in [0.1, 0.15) is 31.4 Å². The molecule has 2 rings (SSSR count). The van der Waals surface area contributed by atoms with Gasteiger partial charge in [-0.3, -0.25) is 4.79 Å². The second-order valence-corrected chi connectivity index (χ2v) is 5.95. The molecule has 1 heterocycles. The number of aliphatic hydroxyl groups is 1. The Morgan fingerprint density at radius 3 is 2.57 bits per heavy atom. The van der Waals surface area contributed by atoms with Gasteiger partial charge in [-0.25, -0.2) is 0 Å². The average molecular weight is 330 g/mol. The van der Waals surface area contributed by atoms with Gasteiger partial charge in [0.15, 0.2) is 6.10 Å². The Kier molecular flexibility index (Phi) is 5.51. The van der Waals surface area contributed by atoms with Crippen LogP contribution in [0.15, 0.2) is 24.3 Å². The Morgan fingerprint density at radius 2 is 1.96 bits per heavy atom. The fourth-order valence-electron chi connectivity index (χ4n) is 2.61. The third kappa shape index (κ3) is 4.60. The van der Waals surface area contributed by atoms with Crippen molar-refractivity contribution in [2.45, 2.75) is 32.0 Å². The van der Waals surface area contributed by atoms with E-state index in [1.54, 1.807) is 11.0 Å². The summed E-state index contributed by atoms with van der Waals surface area (Å²) in [5.74, 6) is 0.447. The standard InChI is InChI=1S/C16H21F3N2O2/c1-11-6-8-21(9-7-11)14(22)10-20-13-5-3-2-4-12(13)15(23)16(17,18)19/h2-5,11,15,20,23H,6-10H2,1H3. The third-order valence-corrected chi connectivity index (χ3v) is 4.13. The Hall–Kier alpha value is -1.76. The second-order valence-electron chi connectivity index (χ2n) is 5.95. The summed E-state index contributed by atoms with van der Waals surface area (Å²) in [6, 6.07) is 5.61. The maximum atomic E-state index is 12.7. The van der Waals surface area contributed by atoms with Crippen LogP contribution < -0.4 is 5.32 Å². The van der Waals surface area contributed by atoms with E-state index in [2.05, 4.69) is 12.2 Å². The number of hydrogen-bond acceptors (Lipinski definition) is 3. The highest BCUT2D eigenvalue weighted by atomic mass is 19.4. The number of anilines is 1. The number of halogens is 3. The SMILES string of the molecule is CC1CCN(C(=O)CNc2ccccc2C(O)C(F)(F)F)CC1. The van der Waals surface area contributed by atoms with Crippen molar-refractivity contribution >= 4 is 11.6 Å². The number of carbonyl (C=O) groups excluding carboxylic acids is 1. The number of hydrogen-bond donors (Lipinski definition) is 2. The van der Waals surface area contributed by atoms with Gasteiger partial charge in [0.05, 0.1) is 6.54 Å².